The molecule has 21 heavy (non-hydrogen) atoms. The first kappa shape index (κ1) is 14.1. The number of anilines is 3. The molecule has 2 heterocycles. The van der Waals surface area contributed by atoms with E-state index in [-0.39, 0.29) is 0 Å². The zero-order valence-corrected chi connectivity index (χ0v) is 13.5. The Bertz CT molecular complexity index is 787. The number of rotatable bonds is 4. The lowest BCUT2D eigenvalue weighted by molar-refractivity contribution is 1.07. The van der Waals surface area contributed by atoms with Crippen molar-refractivity contribution in [3.63, 3.8) is 0 Å². The van der Waals surface area contributed by atoms with Gasteiger partial charge in [0.05, 0.1) is 16.6 Å². The summed E-state index contributed by atoms with van der Waals surface area (Å²) in [5, 5.41) is 14.6. The molecule has 0 unspecified atom stereocenters. The normalized spacial score (nSPS) is 10.8. The van der Waals surface area contributed by atoms with Crippen LogP contribution in [0.5, 0.6) is 0 Å². The first-order valence-electron chi connectivity index (χ1n) is 6.34. The second kappa shape index (κ2) is 5.87. The molecular weight excluding hydrogens is 356 g/mol. The number of nitrogens with zero attached hydrogens (tertiary/aromatic N) is 3. The van der Waals surface area contributed by atoms with E-state index in [1.54, 1.807) is 6.20 Å². The number of fused-ring (bicyclic) bond motifs is 1. The molecule has 0 bridgehead atoms. The third-order valence-electron chi connectivity index (χ3n) is 2.83. The van der Waals surface area contributed by atoms with Gasteiger partial charge in [0.2, 0.25) is 5.95 Å². The molecule has 8 heteroatoms. The molecule has 3 rings (SSSR count). The summed E-state index contributed by atoms with van der Waals surface area (Å²) in [5.41, 5.74) is 1.51. The Morgan fingerprint density at radius 3 is 2.95 bits per heavy atom. The Balaban J connectivity index is 2.01. The molecule has 0 saturated heterocycles. The van der Waals surface area contributed by atoms with Crippen LogP contribution in [-0.4, -0.2) is 26.7 Å². The van der Waals surface area contributed by atoms with Gasteiger partial charge in [0, 0.05) is 16.7 Å². The van der Waals surface area contributed by atoms with Gasteiger partial charge >= 0.3 is 0 Å². The molecule has 0 radical (unpaired) electrons. The molecule has 2 aromatic heterocycles. The third kappa shape index (κ3) is 2.93. The lowest BCUT2D eigenvalue weighted by Gasteiger charge is -2.09. The number of nitrogens with one attached hydrogen (secondary N) is 3. The van der Waals surface area contributed by atoms with Gasteiger partial charge in [-0.25, -0.2) is 0 Å². The number of aromatic amines is 1. The lowest BCUT2D eigenvalue weighted by Crippen LogP contribution is -2.04. The first-order chi connectivity index (χ1) is 10.2. The Hall–Kier alpha value is -1.86. The summed E-state index contributed by atoms with van der Waals surface area (Å²) in [4.78, 5) is 8.81. The summed E-state index contributed by atoms with van der Waals surface area (Å²) in [6.45, 7) is 2.73. The molecule has 0 atom stereocenters. The molecule has 0 fully saturated rings. The van der Waals surface area contributed by atoms with Crippen molar-refractivity contribution in [2.75, 3.05) is 17.2 Å². The van der Waals surface area contributed by atoms with Crippen LogP contribution in [0.4, 0.5) is 17.5 Å². The molecule has 0 aliphatic rings. The van der Waals surface area contributed by atoms with E-state index in [2.05, 4.69) is 46.7 Å². The minimum Gasteiger partial charge on any atom is -0.354 e. The molecule has 3 N–H and O–H groups in total. The molecule has 0 aliphatic heterocycles. The van der Waals surface area contributed by atoms with Crippen molar-refractivity contribution >= 4 is 56.0 Å². The molecule has 6 nitrogen and oxygen atoms in total. The fourth-order valence-corrected chi connectivity index (χ4v) is 2.31. The van der Waals surface area contributed by atoms with Crippen LogP contribution in [0.2, 0.25) is 5.02 Å². The maximum Gasteiger partial charge on any atom is 0.226 e. The quantitative estimate of drug-likeness (QED) is 0.651. The predicted octanol–water partition coefficient (Wildman–Crippen LogP) is 3.94. The Kier molecular flexibility index (Phi) is 3.94. The topological polar surface area (TPSA) is 78.5 Å². The highest BCUT2D eigenvalue weighted by Crippen LogP contribution is 2.29. The van der Waals surface area contributed by atoms with Crippen molar-refractivity contribution < 1.29 is 0 Å². The maximum atomic E-state index is 6.11. The van der Waals surface area contributed by atoms with Gasteiger partial charge in [-0.2, -0.15) is 15.1 Å². The van der Waals surface area contributed by atoms with E-state index >= 15 is 0 Å². The fourth-order valence-electron chi connectivity index (χ4n) is 1.88. The number of hydrogen-bond donors (Lipinski definition) is 3. The molecule has 1 aromatic carbocycles. The molecule has 0 saturated carbocycles. The van der Waals surface area contributed by atoms with Crippen LogP contribution in [-0.2, 0) is 0 Å². The van der Waals surface area contributed by atoms with Crippen molar-refractivity contribution in [1.29, 1.82) is 0 Å². The van der Waals surface area contributed by atoms with Crippen molar-refractivity contribution in [2.24, 2.45) is 0 Å². The lowest BCUT2D eigenvalue weighted by atomic mass is 10.3. The van der Waals surface area contributed by atoms with E-state index in [0.29, 0.717) is 22.4 Å². The average molecular weight is 368 g/mol. The van der Waals surface area contributed by atoms with Gasteiger partial charge in [-0.3, -0.25) is 5.10 Å². The van der Waals surface area contributed by atoms with E-state index in [1.165, 1.54) is 0 Å². The highest BCUT2D eigenvalue weighted by atomic mass is 79.9. The van der Waals surface area contributed by atoms with Gasteiger partial charge in [-0.1, -0.05) is 11.6 Å². The monoisotopic (exact) mass is 366 g/mol. The van der Waals surface area contributed by atoms with Crippen molar-refractivity contribution in [1.82, 2.24) is 20.2 Å². The van der Waals surface area contributed by atoms with E-state index in [0.717, 1.165) is 22.1 Å². The Morgan fingerprint density at radius 2 is 2.19 bits per heavy atom. The summed E-state index contributed by atoms with van der Waals surface area (Å²) >= 11 is 9.48. The zero-order chi connectivity index (χ0) is 14.8. The van der Waals surface area contributed by atoms with E-state index in [1.807, 2.05) is 25.1 Å². The van der Waals surface area contributed by atoms with Gasteiger partial charge in [-0.05, 0) is 41.1 Å². The van der Waals surface area contributed by atoms with Crippen molar-refractivity contribution in [3.8, 4) is 0 Å². The highest BCUT2D eigenvalue weighted by molar-refractivity contribution is 9.10. The fraction of sp³-hybridized carbons (Fsp3) is 0.154. The van der Waals surface area contributed by atoms with Crippen LogP contribution in [0.1, 0.15) is 6.92 Å². The number of benzene rings is 1. The molecule has 0 spiro atoms. The summed E-state index contributed by atoms with van der Waals surface area (Å²) in [5.74, 6) is 1.21. The molecular formula is C13H12BrClN6. The first-order valence-corrected chi connectivity index (χ1v) is 7.51. The highest BCUT2D eigenvalue weighted by Gasteiger charge is 2.10. The summed E-state index contributed by atoms with van der Waals surface area (Å²) in [6, 6.07) is 5.62. The molecule has 0 amide bonds. The largest absolute Gasteiger partial charge is 0.354 e. The van der Waals surface area contributed by atoms with Gasteiger partial charge < -0.3 is 10.6 Å². The predicted molar refractivity (Wildman–Crippen MR) is 88.3 cm³/mol. The van der Waals surface area contributed by atoms with Gasteiger partial charge in [0.15, 0.2) is 5.65 Å². The molecule has 108 valence electrons. The van der Waals surface area contributed by atoms with Gasteiger partial charge in [0.1, 0.15) is 5.82 Å². The number of halogens is 2. The standard InChI is InChI=1S/C13H12BrClN6/c1-2-16-13-19-11(8-6-17-21-12(8)20-13)18-7-3-4-9(14)10(15)5-7/h3-6H,2H2,1H3,(H3,16,17,18,19,20,21). The van der Waals surface area contributed by atoms with Crippen LogP contribution in [0.3, 0.4) is 0 Å². The summed E-state index contributed by atoms with van der Waals surface area (Å²) in [7, 11) is 0. The second-order valence-corrected chi connectivity index (χ2v) is 5.57. The van der Waals surface area contributed by atoms with Gasteiger partial charge in [0.25, 0.3) is 0 Å². The average Bonchev–Trinajstić information content (AvgIpc) is 2.92. The minimum absolute atomic E-state index is 0.542. The number of H-pyrrole nitrogens is 1. The van der Waals surface area contributed by atoms with Crippen LogP contribution in [0.25, 0.3) is 11.0 Å². The SMILES string of the molecule is CCNc1nc(Nc2ccc(Br)c(Cl)c2)c2cn[nH]c2n1. The van der Waals surface area contributed by atoms with Crippen LogP contribution in [0, 0.1) is 0 Å². The van der Waals surface area contributed by atoms with E-state index < -0.39 is 0 Å². The second-order valence-electron chi connectivity index (χ2n) is 4.31. The Labute approximate surface area is 134 Å². The molecule has 3 aromatic rings. The van der Waals surface area contributed by atoms with Gasteiger partial charge in [-0.15, -0.1) is 0 Å². The Morgan fingerprint density at radius 1 is 1.33 bits per heavy atom. The summed E-state index contributed by atoms with van der Waals surface area (Å²) in [6.07, 6.45) is 1.69. The van der Waals surface area contributed by atoms with Crippen LogP contribution >= 0.6 is 27.5 Å². The maximum absolute atomic E-state index is 6.11. The number of aromatic nitrogens is 4. The minimum atomic E-state index is 0.542. The van der Waals surface area contributed by atoms with E-state index in [4.69, 9.17) is 11.6 Å². The third-order valence-corrected chi connectivity index (χ3v) is 4.06. The van der Waals surface area contributed by atoms with E-state index in [9.17, 15) is 0 Å². The zero-order valence-electron chi connectivity index (χ0n) is 11.1. The number of hydrogen-bond acceptors (Lipinski definition) is 5. The van der Waals surface area contributed by atoms with Crippen LogP contribution in [0.15, 0.2) is 28.9 Å². The van der Waals surface area contributed by atoms with Crippen molar-refractivity contribution in [2.45, 2.75) is 6.92 Å². The van der Waals surface area contributed by atoms with Crippen molar-refractivity contribution in [3.05, 3.63) is 33.9 Å². The molecule has 0 aliphatic carbocycles. The van der Waals surface area contributed by atoms with Crippen LogP contribution < -0.4 is 10.6 Å². The smallest absolute Gasteiger partial charge is 0.226 e. The summed E-state index contributed by atoms with van der Waals surface area (Å²) < 4.78 is 0.846.